The predicted molar refractivity (Wildman–Crippen MR) is 80.4 cm³/mol. The lowest BCUT2D eigenvalue weighted by atomic mass is 9.78. The second-order valence-electron chi connectivity index (χ2n) is 5.82. The molecule has 0 bridgehead atoms. The van der Waals surface area contributed by atoms with Crippen LogP contribution >= 0.6 is 11.8 Å². The van der Waals surface area contributed by atoms with Gasteiger partial charge in [-0.15, -0.1) is 11.8 Å². The van der Waals surface area contributed by atoms with E-state index in [9.17, 15) is 4.39 Å². The summed E-state index contributed by atoms with van der Waals surface area (Å²) in [5.74, 6) is -0.217. The third-order valence-electron chi connectivity index (χ3n) is 4.00. The lowest BCUT2D eigenvalue weighted by Crippen LogP contribution is -2.41. The average molecular weight is 298 g/mol. The molecule has 0 aliphatic carbocycles. The highest BCUT2D eigenvalue weighted by atomic mass is 32.2. The highest BCUT2D eigenvalue weighted by Gasteiger charge is 2.52. The molecule has 1 aliphatic heterocycles. The van der Waals surface area contributed by atoms with Gasteiger partial charge in [0.15, 0.2) is 11.6 Å². The smallest absolute Gasteiger partial charge is 0.494 e. The molecule has 0 N–H and O–H groups in total. The van der Waals surface area contributed by atoms with Crippen LogP contribution in [0, 0.1) is 5.82 Å². The molecule has 1 heterocycles. The summed E-state index contributed by atoms with van der Waals surface area (Å²) in [5.41, 5.74) is -0.605. The van der Waals surface area contributed by atoms with Crippen molar-refractivity contribution in [3.63, 3.8) is 0 Å². The fraction of sp³-hybridized carbons (Fsp3) is 0.571. The molecule has 0 amide bonds. The van der Waals surface area contributed by atoms with E-state index in [1.807, 2.05) is 34.0 Å². The number of halogens is 1. The molecule has 1 aliphatic rings. The van der Waals surface area contributed by atoms with Crippen LogP contribution in [0.1, 0.15) is 27.7 Å². The van der Waals surface area contributed by atoms with Gasteiger partial charge in [0.25, 0.3) is 0 Å². The molecule has 0 atom stereocenters. The molecule has 0 aromatic heterocycles. The molecule has 2 rings (SSSR count). The summed E-state index contributed by atoms with van der Waals surface area (Å²) in [6.07, 6.45) is 1.93. The maximum Gasteiger partial charge on any atom is 0.498 e. The first-order valence-electron chi connectivity index (χ1n) is 6.49. The van der Waals surface area contributed by atoms with Crippen molar-refractivity contribution >= 4 is 24.3 Å². The fourth-order valence-corrected chi connectivity index (χ4v) is 2.47. The van der Waals surface area contributed by atoms with Gasteiger partial charge in [-0.3, -0.25) is 0 Å². The second kappa shape index (κ2) is 5.24. The SMILES string of the molecule is COc1cc(SC)cc(B2OC(C)(C)C(C)(C)O2)c1F. The van der Waals surface area contributed by atoms with Crippen molar-refractivity contribution in [1.29, 1.82) is 0 Å². The van der Waals surface area contributed by atoms with E-state index < -0.39 is 24.1 Å². The Hall–Kier alpha value is -0.715. The summed E-state index contributed by atoms with van der Waals surface area (Å²) in [7, 11) is 0.734. The van der Waals surface area contributed by atoms with Gasteiger partial charge < -0.3 is 14.0 Å². The Kier molecular flexibility index (Phi) is 4.11. The minimum atomic E-state index is -0.721. The van der Waals surface area contributed by atoms with Crippen molar-refractivity contribution in [2.75, 3.05) is 13.4 Å². The summed E-state index contributed by atoms with van der Waals surface area (Å²) in [4.78, 5) is 0.910. The molecular formula is C14H20BFO3S. The number of rotatable bonds is 3. The van der Waals surface area contributed by atoms with Gasteiger partial charge in [0.05, 0.1) is 18.3 Å². The zero-order valence-electron chi connectivity index (χ0n) is 12.7. The molecule has 0 radical (unpaired) electrons. The highest BCUT2D eigenvalue weighted by molar-refractivity contribution is 7.98. The van der Waals surface area contributed by atoms with Gasteiger partial charge in [-0.1, -0.05) is 0 Å². The van der Waals surface area contributed by atoms with E-state index in [2.05, 4.69) is 0 Å². The Morgan fingerprint density at radius 3 is 2.15 bits per heavy atom. The van der Waals surface area contributed by atoms with Crippen LogP contribution in [0.5, 0.6) is 5.75 Å². The van der Waals surface area contributed by atoms with E-state index in [4.69, 9.17) is 14.0 Å². The summed E-state index contributed by atoms with van der Waals surface area (Å²) in [5, 5.41) is 0. The number of benzene rings is 1. The largest absolute Gasteiger partial charge is 0.498 e. The molecule has 6 heteroatoms. The second-order valence-corrected chi connectivity index (χ2v) is 6.70. The third kappa shape index (κ3) is 2.56. The van der Waals surface area contributed by atoms with Crippen LogP contribution in [0.2, 0.25) is 0 Å². The first kappa shape index (κ1) is 15.7. The van der Waals surface area contributed by atoms with E-state index in [-0.39, 0.29) is 5.75 Å². The Labute approximate surface area is 124 Å². The van der Waals surface area contributed by atoms with Crippen LogP contribution < -0.4 is 10.2 Å². The number of methoxy groups -OCH3 is 1. The monoisotopic (exact) mass is 298 g/mol. The molecule has 0 unspecified atom stereocenters. The van der Waals surface area contributed by atoms with Crippen molar-refractivity contribution in [2.24, 2.45) is 0 Å². The summed E-state index contributed by atoms with van der Waals surface area (Å²) in [6, 6.07) is 3.43. The Morgan fingerprint density at radius 1 is 1.15 bits per heavy atom. The minimum Gasteiger partial charge on any atom is -0.494 e. The number of thioether (sulfide) groups is 1. The van der Waals surface area contributed by atoms with E-state index in [1.54, 1.807) is 12.1 Å². The average Bonchev–Trinajstić information content (AvgIpc) is 2.58. The lowest BCUT2D eigenvalue weighted by Gasteiger charge is -2.32. The number of ether oxygens (including phenoxy) is 1. The van der Waals surface area contributed by atoms with Gasteiger partial charge in [0.1, 0.15) is 0 Å². The van der Waals surface area contributed by atoms with Crippen molar-refractivity contribution in [3.05, 3.63) is 17.9 Å². The number of hydrogen-bond acceptors (Lipinski definition) is 4. The first-order chi connectivity index (χ1) is 9.21. The van der Waals surface area contributed by atoms with Gasteiger partial charge in [0, 0.05) is 10.4 Å². The van der Waals surface area contributed by atoms with Crippen molar-refractivity contribution < 1.29 is 18.4 Å². The van der Waals surface area contributed by atoms with Crippen LogP contribution in [0.15, 0.2) is 17.0 Å². The lowest BCUT2D eigenvalue weighted by molar-refractivity contribution is 0.00578. The zero-order valence-corrected chi connectivity index (χ0v) is 13.6. The van der Waals surface area contributed by atoms with Crippen LogP contribution in [-0.4, -0.2) is 31.7 Å². The quantitative estimate of drug-likeness (QED) is 0.633. The van der Waals surface area contributed by atoms with E-state index in [1.165, 1.54) is 18.9 Å². The summed E-state index contributed by atoms with van der Waals surface area (Å²) in [6.45, 7) is 7.78. The predicted octanol–water partition coefficient (Wildman–Crippen LogP) is 2.86. The van der Waals surface area contributed by atoms with Crippen LogP contribution in [0.4, 0.5) is 4.39 Å². The Balaban J connectivity index is 2.44. The topological polar surface area (TPSA) is 27.7 Å². The van der Waals surface area contributed by atoms with Crippen molar-refractivity contribution in [2.45, 2.75) is 43.8 Å². The molecule has 110 valence electrons. The molecule has 1 aromatic carbocycles. The molecule has 3 nitrogen and oxygen atoms in total. The van der Waals surface area contributed by atoms with Gasteiger partial charge in [-0.05, 0) is 46.1 Å². The van der Waals surface area contributed by atoms with Crippen molar-refractivity contribution in [1.82, 2.24) is 0 Å². The molecular weight excluding hydrogens is 278 g/mol. The van der Waals surface area contributed by atoms with E-state index in [0.29, 0.717) is 5.46 Å². The fourth-order valence-electron chi connectivity index (χ4n) is 2.00. The Morgan fingerprint density at radius 2 is 1.70 bits per heavy atom. The maximum absolute atomic E-state index is 14.5. The molecule has 1 saturated heterocycles. The molecule has 0 spiro atoms. The number of hydrogen-bond donors (Lipinski definition) is 0. The van der Waals surface area contributed by atoms with Crippen LogP contribution in [0.25, 0.3) is 0 Å². The van der Waals surface area contributed by atoms with Gasteiger partial charge in [-0.25, -0.2) is 4.39 Å². The molecule has 20 heavy (non-hydrogen) atoms. The Bertz CT molecular complexity index is 503. The van der Waals surface area contributed by atoms with Gasteiger partial charge >= 0.3 is 7.12 Å². The molecule has 1 fully saturated rings. The van der Waals surface area contributed by atoms with Crippen LogP contribution in [-0.2, 0) is 9.31 Å². The first-order valence-corrected chi connectivity index (χ1v) is 7.71. The molecule has 0 saturated carbocycles. The van der Waals surface area contributed by atoms with E-state index in [0.717, 1.165) is 4.90 Å². The standard InChI is InChI=1S/C14H20BFO3S/c1-13(2)14(3,4)19-15(18-13)10-7-9(20-6)8-11(17-5)12(10)16/h7-8H,1-6H3. The summed E-state index contributed by atoms with van der Waals surface area (Å²) >= 11 is 1.52. The van der Waals surface area contributed by atoms with Crippen molar-refractivity contribution in [3.8, 4) is 5.75 Å². The van der Waals surface area contributed by atoms with Gasteiger partial charge in [-0.2, -0.15) is 0 Å². The minimum absolute atomic E-state index is 0.210. The molecule has 1 aromatic rings. The highest BCUT2D eigenvalue weighted by Crippen LogP contribution is 2.37. The zero-order chi connectivity index (χ0) is 15.1. The van der Waals surface area contributed by atoms with Crippen LogP contribution in [0.3, 0.4) is 0 Å². The maximum atomic E-state index is 14.5. The van der Waals surface area contributed by atoms with E-state index >= 15 is 0 Å². The summed E-state index contributed by atoms with van der Waals surface area (Å²) < 4.78 is 31.3. The normalized spacial score (nSPS) is 20.2. The van der Waals surface area contributed by atoms with Gasteiger partial charge in [0.2, 0.25) is 0 Å². The third-order valence-corrected chi connectivity index (χ3v) is 4.71.